The maximum absolute atomic E-state index is 11.3. The third-order valence-electron chi connectivity index (χ3n) is 3.66. The van der Waals surface area contributed by atoms with Crippen molar-refractivity contribution < 1.29 is 9.53 Å². The summed E-state index contributed by atoms with van der Waals surface area (Å²) in [6.45, 7) is 2.12. The predicted octanol–water partition coefficient (Wildman–Crippen LogP) is 3.18. The van der Waals surface area contributed by atoms with Crippen LogP contribution in [0, 0.1) is 0 Å². The summed E-state index contributed by atoms with van der Waals surface area (Å²) in [5.74, 6) is 0.0824. The largest absolute Gasteiger partial charge is 0.374 e. The number of nitrogens with one attached hydrogen (secondary N) is 1. The molecular formula is C14H16BrNO2. The van der Waals surface area contributed by atoms with Crippen molar-refractivity contribution in [2.45, 2.75) is 43.2 Å². The van der Waals surface area contributed by atoms with E-state index < -0.39 is 0 Å². The van der Waals surface area contributed by atoms with Crippen molar-refractivity contribution in [1.82, 2.24) is 0 Å². The van der Waals surface area contributed by atoms with Gasteiger partial charge in [0.05, 0.1) is 23.5 Å². The Morgan fingerprint density at radius 1 is 1.44 bits per heavy atom. The maximum Gasteiger partial charge on any atom is 0.228 e. The van der Waals surface area contributed by atoms with Crippen molar-refractivity contribution in [3.63, 3.8) is 0 Å². The molecule has 4 heteroatoms. The van der Waals surface area contributed by atoms with Crippen molar-refractivity contribution in [3.05, 3.63) is 29.3 Å². The highest BCUT2D eigenvalue weighted by Crippen LogP contribution is 2.37. The second-order valence-electron chi connectivity index (χ2n) is 5.11. The third-order valence-corrected chi connectivity index (χ3v) is 4.78. The zero-order valence-corrected chi connectivity index (χ0v) is 11.9. The zero-order chi connectivity index (χ0) is 12.7. The number of benzene rings is 1. The van der Waals surface area contributed by atoms with Gasteiger partial charge in [0.1, 0.15) is 0 Å². The molecule has 2 aliphatic heterocycles. The fourth-order valence-electron chi connectivity index (χ4n) is 2.68. The first-order valence-electron chi connectivity index (χ1n) is 6.35. The lowest BCUT2D eigenvalue weighted by molar-refractivity contribution is -0.115. The summed E-state index contributed by atoms with van der Waals surface area (Å²) in [5, 5.41) is 2.85. The molecule has 1 saturated heterocycles. The zero-order valence-electron chi connectivity index (χ0n) is 10.3. The second kappa shape index (κ2) is 4.67. The van der Waals surface area contributed by atoms with Gasteiger partial charge in [-0.1, -0.05) is 28.1 Å². The minimum Gasteiger partial charge on any atom is -0.374 e. The second-order valence-corrected chi connectivity index (χ2v) is 6.09. The Morgan fingerprint density at radius 2 is 2.28 bits per heavy atom. The van der Waals surface area contributed by atoms with Crippen molar-refractivity contribution in [3.8, 4) is 0 Å². The smallest absolute Gasteiger partial charge is 0.228 e. The Kier molecular flexibility index (Phi) is 3.16. The van der Waals surface area contributed by atoms with Crippen LogP contribution in [0.1, 0.15) is 35.7 Å². The number of carbonyl (C=O) groups is 1. The summed E-state index contributed by atoms with van der Waals surface area (Å²) in [7, 11) is 0. The average molecular weight is 310 g/mol. The van der Waals surface area contributed by atoms with Gasteiger partial charge in [0.25, 0.3) is 0 Å². The van der Waals surface area contributed by atoms with Crippen LogP contribution in [0.15, 0.2) is 18.2 Å². The maximum atomic E-state index is 11.3. The van der Waals surface area contributed by atoms with Gasteiger partial charge in [-0.3, -0.25) is 4.79 Å². The first kappa shape index (κ1) is 12.2. The number of alkyl halides is 1. The van der Waals surface area contributed by atoms with E-state index in [4.69, 9.17) is 4.74 Å². The van der Waals surface area contributed by atoms with Gasteiger partial charge in [-0.15, -0.1) is 0 Å². The molecule has 0 radical (unpaired) electrons. The molecule has 0 spiro atoms. The van der Waals surface area contributed by atoms with Crippen LogP contribution in [0.5, 0.6) is 0 Å². The summed E-state index contributed by atoms with van der Waals surface area (Å²) in [5.41, 5.74) is 3.24. The molecule has 0 saturated carbocycles. The fourth-order valence-corrected chi connectivity index (χ4v) is 3.36. The van der Waals surface area contributed by atoms with E-state index in [-0.39, 0.29) is 16.8 Å². The van der Waals surface area contributed by atoms with E-state index in [1.807, 2.05) is 6.07 Å². The quantitative estimate of drug-likeness (QED) is 0.852. The highest BCUT2D eigenvalue weighted by atomic mass is 79.9. The monoisotopic (exact) mass is 309 g/mol. The molecule has 3 atom stereocenters. The molecule has 96 valence electrons. The van der Waals surface area contributed by atoms with Gasteiger partial charge in [-0.2, -0.15) is 0 Å². The molecule has 2 heterocycles. The molecule has 18 heavy (non-hydrogen) atoms. The van der Waals surface area contributed by atoms with Crippen LogP contribution in [0.2, 0.25) is 0 Å². The van der Waals surface area contributed by atoms with Crippen molar-refractivity contribution in [2.24, 2.45) is 0 Å². The normalized spacial score (nSPS) is 28.0. The van der Waals surface area contributed by atoms with Crippen molar-refractivity contribution in [1.29, 1.82) is 0 Å². The highest BCUT2D eigenvalue weighted by molar-refractivity contribution is 9.09. The Hall–Kier alpha value is -0.870. The number of fused-ring (bicyclic) bond motifs is 1. The Morgan fingerprint density at radius 3 is 3.00 bits per heavy atom. The van der Waals surface area contributed by atoms with E-state index in [0.29, 0.717) is 12.5 Å². The summed E-state index contributed by atoms with van der Waals surface area (Å²) >= 11 is 3.73. The van der Waals surface area contributed by atoms with E-state index in [1.54, 1.807) is 0 Å². The Bertz CT molecular complexity index is 489. The van der Waals surface area contributed by atoms with Gasteiger partial charge in [0.15, 0.2) is 0 Å². The van der Waals surface area contributed by atoms with Gasteiger partial charge in [-0.05, 0) is 37.0 Å². The molecule has 0 bridgehead atoms. The standard InChI is InChI=1S/C14H16BrNO2/c1-8-2-5-12(18-8)14(15)9-3-4-11-10(6-9)7-13(17)16-11/h3-4,6,8,12,14H,2,5,7H2,1H3,(H,16,17). The van der Waals surface area contributed by atoms with Crippen molar-refractivity contribution >= 4 is 27.5 Å². The minimum atomic E-state index is 0.0824. The highest BCUT2D eigenvalue weighted by Gasteiger charge is 2.30. The first-order chi connectivity index (χ1) is 8.63. The topological polar surface area (TPSA) is 38.3 Å². The van der Waals surface area contributed by atoms with Gasteiger partial charge in [-0.25, -0.2) is 0 Å². The van der Waals surface area contributed by atoms with Crippen LogP contribution in [-0.2, 0) is 16.0 Å². The van der Waals surface area contributed by atoms with Crippen LogP contribution in [0.25, 0.3) is 0 Å². The predicted molar refractivity (Wildman–Crippen MR) is 74.0 cm³/mol. The number of anilines is 1. The first-order valence-corrected chi connectivity index (χ1v) is 7.27. The molecule has 1 aromatic rings. The van der Waals surface area contributed by atoms with Crippen LogP contribution < -0.4 is 5.32 Å². The van der Waals surface area contributed by atoms with Crippen LogP contribution >= 0.6 is 15.9 Å². The van der Waals surface area contributed by atoms with Gasteiger partial charge in [0, 0.05) is 5.69 Å². The van der Waals surface area contributed by atoms with E-state index in [1.165, 1.54) is 5.56 Å². The number of hydrogen-bond acceptors (Lipinski definition) is 2. The lowest BCUT2D eigenvalue weighted by Gasteiger charge is -2.19. The van der Waals surface area contributed by atoms with E-state index in [2.05, 4.69) is 40.3 Å². The SMILES string of the molecule is CC1CCC(C(Br)c2ccc3c(c2)CC(=O)N3)O1. The molecule has 2 aliphatic rings. The van der Waals surface area contributed by atoms with Gasteiger partial charge < -0.3 is 10.1 Å². The number of amides is 1. The lowest BCUT2D eigenvalue weighted by Crippen LogP contribution is -2.14. The molecule has 0 aromatic heterocycles. The molecule has 1 amide bonds. The lowest BCUT2D eigenvalue weighted by atomic mass is 10.0. The summed E-state index contributed by atoms with van der Waals surface area (Å²) in [6, 6.07) is 6.16. The summed E-state index contributed by atoms with van der Waals surface area (Å²) in [6.07, 6.45) is 3.30. The number of rotatable bonds is 2. The number of hydrogen-bond donors (Lipinski definition) is 1. The van der Waals surface area contributed by atoms with Crippen molar-refractivity contribution in [2.75, 3.05) is 5.32 Å². The Labute approximate surface area is 115 Å². The molecular weight excluding hydrogens is 294 g/mol. The molecule has 1 fully saturated rings. The number of ether oxygens (including phenoxy) is 1. The Balaban J connectivity index is 1.81. The average Bonchev–Trinajstić information content (AvgIpc) is 2.92. The molecule has 0 aliphatic carbocycles. The third kappa shape index (κ3) is 2.19. The van der Waals surface area contributed by atoms with Gasteiger partial charge in [0.2, 0.25) is 5.91 Å². The van der Waals surface area contributed by atoms with Crippen LogP contribution in [0.3, 0.4) is 0 Å². The van der Waals surface area contributed by atoms with Crippen LogP contribution in [0.4, 0.5) is 5.69 Å². The molecule has 1 N–H and O–H groups in total. The summed E-state index contributed by atoms with van der Waals surface area (Å²) < 4.78 is 5.89. The molecule has 3 unspecified atom stereocenters. The fraction of sp³-hybridized carbons (Fsp3) is 0.500. The summed E-state index contributed by atoms with van der Waals surface area (Å²) in [4.78, 5) is 11.5. The molecule has 1 aromatic carbocycles. The van der Waals surface area contributed by atoms with Crippen LogP contribution in [-0.4, -0.2) is 18.1 Å². The van der Waals surface area contributed by atoms with E-state index in [9.17, 15) is 4.79 Å². The number of halogens is 1. The minimum absolute atomic E-state index is 0.0824. The molecule has 3 nitrogen and oxygen atoms in total. The number of carbonyl (C=O) groups excluding carboxylic acids is 1. The molecule has 3 rings (SSSR count). The van der Waals surface area contributed by atoms with E-state index in [0.717, 1.165) is 24.1 Å². The van der Waals surface area contributed by atoms with Gasteiger partial charge >= 0.3 is 0 Å². The van der Waals surface area contributed by atoms with E-state index >= 15 is 0 Å².